The summed E-state index contributed by atoms with van der Waals surface area (Å²) in [4.78, 5) is 9.67. The topological polar surface area (TPSA) is 48.7 Å². The zero-order valence-corrected chi connectivity index (χ0v) is 19.3. The lowest BCUT2D eigenvalue weighted by molar-refractivity contribution is 0.336. The first-order valence-corrected chi connectivity index (χ1v) is 9.81. The molecule has 1 aliphatic rings. The van der Waals surface area contributed by atoms with E-state index in [1.807, 2.05) is 17.9 Å². The Morgan fingerprint density at radius 1 is 1.38 bits per heavy atom. The van der Waals surface area contributed by atoms with Crippen molar-refractivity contribution in [2.24, 2.45) is 18.0 Å². The van der Waals surface area contributed by atoms with Gasteiger partial charge in [0.25, 0.3) is 0 Å². The molecule has 7 heteroatoms. The Hall–Kier alpha value is -0.830. The number of unbranched alkanes of at least 4 members (excludes halogenated alkanes) is 1. The highest BCUT2D eigenvalue weighted by Crippen LogP contribution is 2.20. The van der Waals surface area contributed by atoms with Crippen LogP contribution in [0, 0.1) is 5.92 Å². The van der Waals surface area contributed by atoms with Crippen LogP contribution in [0.4, 0.5) is 0 Å². The quantitative estimate of drug-likeness (QED) is 0.338. The molecule has 6 nitrogen and oxygen atoms in total. The van der Waals surface area contributed by atoms with Gasteiger partial charge in [-0.1, -0.05) is 13.3 Å². The van der Waals surface area contributed by atoms with Crippen LogP contribution >= 0.6 is 24.0 Å². The molecule has 0 saturated carbocycles. The lowest BCUT2D eigenvalue weighted by Gasteiger charge is -2.22. The fourth-order valence-electron chi connectivity index (χ4n) is 3.39. The van der Waals surface area contributed by atoms with Gasteiger partial charge in [-0.15, -0.1) is 24.0 Å². The van der Waals surface area contributed by atoms with Crippen LogP contribution in [0.2, 0.25) is 0 Å². The maximum atomic E-state index is 4.86. The molecule has 1 aliphatic heterocycles. The van der Waals surface area contributed by atoms with Gasteiger partial charge in [0.05, 0.1) is 12.7 Å². The summed E-state index contributed by atoms with van der Waals surface area (Å²) in [6, 6.07) is 0. The minimum atomic E-state index is 0. The van der Waals surface area contributed by atoms with Gasteiger partial charge in [0.1, 0.15) is 0 Å². The van der Waals surface area contributed by atoms with E-state index < -0.39 is 0 Å². The number of hydrogen-bond donors (Lipinski definition) is 1. The molecule has 0 amide bonds. The Morgan fingerprint density at radius 2 is 2.19 bits per heavy atom. The Morgan fingerprint density at radius 3 is 2.85 bits per heavy atom. The minimum Gasteiger partial charge on any atom is -0.357 e. The van der Waals surface area contributed by atoms with Gasteiger partial charge in [0.15, 0.2) is 5.96 Å². The van der Waals surface area contributed by atoms with Crippen LogP contribution in [0.3, 0.4) is 0 Å². The number of nitrogens with zero attached hydrogens (tertiary/aromatic N) is 5. The molecule has 2 rings (SSSR count). The SMILES string of the molecule is CCCCN(C)CCN=C(NCC)N1CCC(Cc2cnn(C)c2)C1.I. The summed E-state index contributed by atoms with van der Waals surface area (Å²) in [6.45, 7) is 10.6. The van der Waals surface area contributed by atoms with Crippen molar-refractivity contribution in [3.05, 3.63) is 18.0 Å². The number of aryl methyl sites for hydroxylation is 1. The second kappa shape index (κ2) is 12.5. The predicted octanol–water partition coefficient (Wildman–Crippen LogP) is 2.60. The molecule has 0 radical (unpaired) electrons. The third kappa shape index (κ3) is 7.82. The van der Waals surface area contributed by atoms with E-state index >= 15 is 0 Å². The number of rotatable bonds is 9. The Balaban J connectivity index is 0.00000338. The minimum absolute atomic E-state index is 0. The van der Waals surface area contributed by atoms with E-state index in [0.29, 0.717) is 5.92 Å². The van der Waals surface area contributed by atoms with Crippen LogP contribution in [0.1, 0.15) is 38.7 Å². The van der Waals surface area contributed by atoms with Crippen molar-refractivity contribution in [3.63, 3.8) is 0 Å². The van der Waals surface area contributed by atoms with Gasteiger partial charge in [0.2, 0.25) is 0 Å². The van der Waals surface area contributed by atoms with Gasteiger partial charge in [-0.05, 0) is 51.3 Å². The molecule has 0 bridgehead atoms. The second-order valence-corrected chi connectivity index (χ2v) is 7.22. The fourth-order valence-corrected chi connectivity index (χ4v) is 3.39. The third-order valence-corrected chi connectivity index (χ3v) is 4.84. The van der Waals surface area contributed by atoms with Gasteiger partial charge in [-0.2, -0.15) is 5.10 Å². The molecule has 1 aromatic heterocycles. The van der Waals surface area contributed by atoms with Crippen molar-refractivity contribution in [2.75, 3.05) is 46.3 Å². The highest BCUT2D eigenvalue weighted by molar-refractivity contribution is 14.0. The van der Waals surface area contributed by atoms with E-state index in [4.69, 9.17) is 4.99 Å². The van der Waals surface area contributed by atoms with Crippen molar-refractivity contribution in [1.82, 2.24) is 24.9 Å². The largest absolute Gasteiger partial charge is 0.357 e. The number of aliphatic imine (C=N–C) groups is 1. The van der Waals surface area contributed by atoms with E-state index in [1.165, 1.54) is 31.4 Å². The highest BCUT2D eigenvalue weighted by atomic mass is 127. The molecule has 2 heterocycles. The molecule has 1 unspecified atom stereocenters. The summed E-state index contributed by atoms with van der Waals surface area (Å²) in [6.07, 6.45) is 8.99. The summed E-state index contributed by atoms with van der Waals surface area (Å²) >= 11 is 0. The average Bonchev–Trinajstić information content (AvgIpc) is 3.21. The van der Waals surface area contributed by atoms with Crippen LogP contribution in [0.5, 0.6) is 0 Å². The molecular weight excluding hydrogens is 439 g/mol. The number of likely N-dealkylation sites (N-methyl/N-ethyl adjacent to an activating group) is 1. The number of guanidine groups is 1. The predicted molar refractivity (Wildman–Crippen MR) is 120 cm³/mol. The van der Waals surface area contributed by atoms with E-state index in [9.17, 15) is 0 Å². The van der Waals surface area contributed by atoms with Gasteiger partial charge < -0.3 is 15.1 Å². The lowest BCUT2D eigenvalue weighted by Crippen LogP contribution is -2.40. The normalized spacial score (nSPS) is 17.7. The Bertz CT molecular complexity index is 530. The van der Waals surface area contributed by atoms with Crippen LogP contribution in [0.15, 0.2) is 17.4 Å². The number of likely N-dealkylation sites (tertiary alicyclic amines) is 1. The summed E-state index contributed by atoms with van der Waals surface area (Å²) in [7, 11) is 4.18. The van der Waals surface area contributed by atoms with Crippen LogP contribution in [-0.2, 0) is 13.5 Å². The van der Waals surface area contributed by atoms with Gasteiger partial charge in [-0.25, -0.2) is 0 Å². The Kier molecular flexibility index (Phi) is 11.2. The average molecular weight is 476 g/mol. The van der Waals surface area contributed by atoms with Crippen molar-refractivity contribution in [3.8, 4) is 0 Å². The zero-order chi connectivity index (χ0) is 18.1. The molecule has 1 N–H and O–H groups in total. The summed E-state index contributed by atoms with van der Waals surface area (Å²) in [5.74, 6) is 1.78. The molecule has 0 aliphatic carbocycles. The third-order valence-electron chi connectivity index (χ3n) is 4.84. The van der Waals surface area contributed by atoms with Gasteiger partial charge in [-0.3, -0.25) is 9.67 Å². The van der Waals surface area contributed by atoms with Gasteiger partial charge in [0, 0.05) is 39.4 Å². The lowest BCUT2D eigenvalue weighted by atomic mass is 10.0. The molecule has 0 aromatic carbocycles. The van der Waals surface area contributed by atoms with Crippen LogP contribution < -0.4 is 5.32 Å². The second-order valence-electron chi connectivity index (χ2n) is 7.22. The van der Waals surface area contributed by atoms with Crippen LogP contribution in [0.25, 0.3) is 0 Å². The maximum absolute atomic E-state index is 4.86. The Labute approximate surface area is 176 Å². The number of aromatic nitrogens is 2. The maximum Gasteiger partial charge on any atom is 0.193 e. The van der Waals surface area contributed by atoms with E-state index in [1.54, 1.807) is 0 Å². The number of hydrogen-bond acceptors (Lipinski definition) is 3. The molecular formula is C19H37IN6. The van der Waals surface area contributed by atoms with E-state index in [0.717, 1.165) is 45.1 Å². The number of nitrogens with one attached hydrogen (secondary N) is 1. The summed E-state index contributed by atoms with van der Waals surface area (Å²) < 4.78 is 1.89. The van der Waals surface area contributed by atoms with Crippen molar-refractivity contribution in [1.29, 1.82) is 0 Å². The summed E-state index contributed by atoms with van der Waals surface area (Å²) in [5.41, 5.74) is 1.34. The molecule has 150 valence electrons. The molecule has 1 fully saturated rings. The van der Waals surface area contributed by atoms with E-state index in [-0.39, 0.29) is 24.0 Å². The first kappa shape index (κ1) is 23.2. The highest BCUT2D eigenvalue weighted by Gasteiger charge is 2.25. The fraction of sp³-hybridized carbons (Fsp3) is 0.789. The zero-order valence-electron chi connectivity index (χ0n) is 16.9. The molecule has 1 saturated heterocycles. The van der Waals surface area contributed by atoms with Crippen molar-refractivity contribution < 1.29 is 0 Å². The van der Waals surface area contributed by atoms with Gasteiger partial charge >= 0.3 is 0 Å². The molecule has 26 heavy (non-hydrogen) atoms. The monoisotopic (exact) mass is 476 g/mol. The van der Waals surface area contributed by atoms with Crippen LogP contribution in [-0.4, -0.2) is 71.9 Å². The standard InChI is InChI=1S/C19H36N6.HI/c1-5-7-10-23(3)12-9-21-19(20-6-2)25-11-8-17(16-25)13-18-14-22-24(4)15-18;/h14-15,17H,5-13,16H2,1-4H3,(H,20,21);1H. The molecule has 1 aromatic rings. The summed E-state index contributed by atoms with van der Waals surface area (Å²) in [5, 5.41) is 7.75. The van der Waals surface area contributed by atoms with E-state index in [2.05, 4.69) is 47.3 Å². The van der Waals surface area contributed by atoms with Crippen molar-refractivity contribution in [2.45, 2.75) is 39.5 Å². The first-order valence-electron chi connectivity index (χ1n) is 9.81. The smallest absolute Gasteiger partial charge is 0.193 e. The first-order chi connectivity index (χ1) is 12.1. The van der Waals surface area contributed by atoms with Crippen molar-refractivity contribution >= 4 is 29.9 Å². The molecule has 1 atom stereocenters. The molecule has 0 spiro atoms. The number of halogens is 1.